The Hall–Kier alpha value is -3.61. The van der Waals surface area contributed by atoms with E-state index < -0.39 is 16.8 Å². The SMILES string of the molecule is Cc1cc(-c2sc(NC(=O)N3C=CS(=O)C=C3)nc2-c2cccc(C#N)c2)cc(C)n1. The summed E-state index contributed by atoms with van der Waals surface area (Å²) in [5.41, 5.74) is 4.68. The van der Waals surface area contributed by atoms with Crippen LogP contribution in [-0.2, 0) is 10.8 Å². The second-order valence-electron chi connectivity index (χ2n) is 6.76. The van der Waals surface area contributed by atoms with Gasteiger partial charge in [-0.15, -0.1) is 0 Å². The van der Waals surface area contributed by atoms with Gasteiger partial charge < -0.3 is 0 Å². The quantitative estimate of drug-likeness (QED) is 0.616. The monoisotopic (exact) mass is 447 g/mol. The van der Waals surface area contributed by atoms with E-state index in [1.54, 1.807) is 12.1 Å². The fourth-order valence-corrected chi connectivity index (χ4v) is 4.66. The summed E-state index contributed by atoms with van der Waals surface area (Å²) in [6.45, 7) is 3.85. The van der Waals surface area contributed by atoms with Crippen molar-refractivity contribution in [2.24, 2.45) is 0 Å². The predicted octanol–water partition coefficient (Wildman–Crippen LogP) is 4.90. The molecule has 1 aromatic carbocycles. The highest BCUT2D eigenvalue weighted by Crippen LogP contribution is 2.39. The van der Waals surface area contributed by atoms with Crippen LogP contribution in [-0.4, -0.2) is 25.1 Å². The summed E-state index contributed by atoms with van der Waals surface area (Å²) < 4.78 is 11.4. The number of carbonyl (C=O) groups excluding carboxylic acids is 1. The van der Waals surface area contributed by atoms with Crippen LogP contribution in [0.25, 0.3) is 21.7 Å². The normalized spacial score (nSPS) is 13.3. The van der Waals surface area contributed by atoms with Crippen molar-refractivity contribution in [3.8, 4) is 27.8 Å². The summed E-state index contributed by atoms with van der Waals surface area (Å²) in [5, 5.41) is 15.3. The second-order valence-corrected chi connectivity index (χ2v) is 8.96. The molecule has 0 bridgehead atoms. The smallest absolute Gasteiger partial charge is 0.283 e. The van der Waals surface area contributed by atoms with Gasteiger partial charge in [0.1, 0.15) is 0 Å². The molecule has 0 unspecified atom stereocenters. The molecule has 3 aromatic rings. The van der Waals surface area contributed by atoms with Gasteiger partial charge >= 0.3 is 6.03 Å². The number of hydrogen-bond acceptors (Lipinski definition) is 6. The average Bonchev–Trinajstić information content (AvgIpc) is 3.17. The lowest BCUT2D eigenvalue weighted by Crippen LogP contribution is -2.27. The largest absolute Gasteiger partial charge is 0.331 e. The summed E-state index contributed by atoms with van der Waals surface area (Å²) in [4.78, 5) is 23.9. The van der Waals surface area contributed by atoms with Crippen LogP contribution in [0.2, 0.25) is 0 Å². The van der Waals surface area contributed by atoms with Crippen molar-refractivity contribution >= 4 is 33.3 Å². The number of benzene rings is 1. The Morgan fingerprint density at radius 3 is 2.48 bits per heavy atom. The van der Waals surface area contributed by atoms with Crippen LogP contribution < -0.4 is 5.32 Å². The number of nitrogens with one attached hydrogen (secondary N) is 1. The molecule has 1 aliphatic rings. The Kier molecular flexibility index (Phi) is 5.75. The lowest BCUT2D eigenvalue weighted by atomic mass is 10.0. The standard InChI is InChI=1S/C22H17N5O2S2/c1-14-10-18(11-15(2)24-14)20-19(17-5-3-4-16(12-17)13-23)25-21(30-20)26-22(28)27-6-8-31(29)9-7-27/h3-12H,1-2H3,(H,25,26,28). The van der Waals surface area contributed by atoms with Crippen LogP contribution in [0.1, 0.15) is 17.0 Å². The molecule has 0 atom stereocenters. The van der Waals surface area contributed by atoms with Crippen molar-refractivity contribution in [3.63, 3.8) is 0 Å². The number of nitriles is 1. The summed E-state index contributed by atoms with van der Waals surface area (Å²) in [6, 6.07) is 12.9. The zero-order valence-electron chi connectivity index (χ0n) is 16.7. The molecule has 0 saturated heterocycles. The van der Waals surface area contributed by atoms with Crippen LogP contribution in [0.4, 0.5) is 9.93 Å². The first kappa shape index (κ1) is 20.7. The zero-order chi connectivity index (χ0) is 22.0. The van der Waals surface area contributed by atoms with E-state index in [2.05, 4.69) is 21.4 Å². The number of hydrogen-bond donors (Lipinski definition) is 1. The first-order chi connectivity index (χ1) is 14.9. The van der Waals surface area contributed by atoms with Crippen LogP contribution in [0.3, 0.4) is 0 Å². The molecule has 1 aliphatic heterocycles. The first-order valence-electron chi connectivity index (χ1n) is 9.25. The number of carbonyl (C=O) groups is 1. The number of rotatable bonds is 3. The lowest BCUT2D eigenvalue weighted by molar-refractivity contribution is 0.239. The lowest BCUT2D eigenvalue weighted by Gasteiger charge is -2.15. The van der Waals surface area contributed by atoms with Crippen LogP contribution in [0.5, 0.6) is 0 Å². The summed E-state index contributed by atoms with van der Waals surface area (Å²) in [5.74, 6) is 0. The van der Waals surface area contributed by atoms with Gasteiger partial charge in [0.25, 0.3) is 0 Å². The number of urea groups is 1. The molecule has 0 saturated carbocycles. The van der Waals surface area contributed by atoms with E-state index in [1.807, 2.05) is 38.1 Å². The van der Waals surface area contributed by atoms with Crippen LogP contribution in [0, 0.1) is 25.2 Å². The molecule has 0 spiro atoms. The molecule has 2 aromatic heterocycles. The van der Waals surface area contributed by atoms with E-state index in [4.69, 9.17) is 0 Å². The van der Waals surface area contributed by atoms with Crippen molar-refractivity contribution < 1.29 is 9.00 Å². The zero-order valence-corrected chi connectivity index (χ0v) is 18.3. The number of aryl methyl sites for hydroxylation is 2. The minimum absolute atomic E-state index is 0.413. The molecule has 9 heteroatoms. The third-order valence-corrected chi connectivity index (χ3v) is 6.20. The van der Waals surface area contributed by atoms with Crippen molar-refractivity contribution in [2.75, 3.05) is 5.32 Å². The maximum atomic E-state index is 12.6. The molecule has 7 nitrogen and oxygen atoms in total. The molecule has 2 amide bonds. The molecule has 31 heavy (non-hydrogen) atoms. The third-order valence-electron chi connectivity index (χ3n) is 4.40. The molecule has 0 aliphatic carbocycles. The van der Waals surface area contributed by atoms with Gasteiger partial charge in [0, 0.05) is 40.2 Å². The Morgan fingerprint density at radius 2 is 1.81 bits per heavy atom. The number of amides is 2. The maximum absolute atomic E-state index is 12.6. The van der Waals surface area contributed by atoms with E-state index in [-0.39, 0.29) is 0 Å². The van der Waals surface area contributed by atoms with E-state index >= 15 is 0 Å². The molecular weight excluding hydrogens is 430 g/mol. The number of pyridine rings is 1. The van der Waals surface area contributed by atoms with Crippen molar-refractivity contribution in [1.29, 1.82) is 5.26 Å². The van der Waals surface area contributed by atoms with Gasteiger partial charge in [0.05, 0.1) is 33.0 Å². The number of nitrogens with zero attached hydrogens (tertiary/aromatic N) is 4. The van der Waals surface area contributed by atoms with Crippen LogP contribution >= 0.6 is 11.3 Å². The van der Waals surface area contributed by atoms with Gasteiger partial charge in [-0.1, -0.05) is 23.5 Å². The van der Waals surface area contributed by atoms with Gasteiger partial charge in [-0.05, 0) is 43.7 Å². The Balaban J connectivity index is 1.76. The number of aromatic nitrogens is 2. The fourth-order valence-electron chi connectivity index (χ4n) is 3.10. The minimum Gasteiger partial charge on any atom is -0.283 e. The summed E-state index contributed by atoms with van der Waals surface area (Å²) in [7, 11) is -1.21. The molecule has 0 fully saturated rings. The van der Waals surface area contributed by atoms with E-state index in [1.165, 1.54) is 39.5 Å². The van der Waals surface area contributed by atoms with Gasteiger partial charge in [-0.3, -0.25) is 19.4 Å². The summed E-state index contributed by atoms with van der Waals surface area (Å²) in [6.07, 6.45) is 2.90. The Labute approximate surface area is 185 Å². The van der Waals surface area contributed by atoms with E-state index in [0.29, 0.717) is 16.4 Å². The maximum Gasteiger partial charge on any atom is 0.331 e. The second kappa shape index (κ2) is 8.63. The first-order valence-corrected chi connectivity index (χ1v) is 11.3. The van der Waals surface area contributed by atoms with Crippen molar-refractivity contribution in [1.82, 2.24) is 14.9 Å². The topological polar surface area (TPSA) is 99.0 Å². The van der Waals surface area contributed by atoms with Gasteiger partial charge in [-0.25, -0.2) is 9.78 Å². The van der Waals surface area contributed by atoms with Crippen molar-refractivity contribution in [2.45, 2.75) is 13.8 Å². The number of anilines is 1. The molecule has 4 rings (SSSR count). The van der Waals surface area contributed by atoms with Gasteiger partial charge in [0.2, 0.25) is 0 Å². The highest BCUT2D eigenvalue weighted by Gasteiger charge is 2.19. The summed E-state index contributed by atoms with van der Waals surface area (Å²) >= 11 is 1.34. The fraction of sp³-hybridized carbons (Fsp3) is 0.0909. The highest BCUT2D eigenvalue weighted by atomic mass is 32.2. The molecule has 3 heterocycles. The van der Waals surface area contributed by atoms with Crippen molar-refractivity contribution in [3.05, 3.63) is 76.6 Å². The molecule has 154 valence electrons. The Bertz CT molecular complexity index is 1270. The molecular formula is C22H17N5O2S2. The predicted molar refractivity (Wildman–Crippen MR) is 122 cm³/mol. The minimum atomic E-state index is -1.21. The average molecular weight is 448 g/mol. The van der Waals surface area contributed by atoms with Gasteiger partial charge in [-0.2, -0.15) is 5.26 Å². The van der Waals surface area contributed by atoms with Crippen LogP contribution in [0.15, 0.2) is 59.6 Å². The molecule has 1 N–H and O–H groups in total. The number of thiazole rings is 1. The molecule has 0 radical (unpaired) electrons. The highest BCUT2D eigenvalue weighted by molar-refractivity contribution is 7.90. The Morgan fingerprint density at radius 1 is 1.10 bits per heavy atom. The third kappa shape index (κ3) is 4.60. The van der Waals surface area contributed by atoms with E-state index in [9.17, 15) is 14.3 Å². The van der Waals surface area contributed by atoms with E-state index in [0.717, 1.165) is 27.4 Å². The van der Waals surface area contributed by atoms with Gasteiger partial charge in [0.15, 0.2) is 5.13 Å².